The maximum atomic E-state index is 15.0. The quantitative estimate of drug-likeness (QED) is 0.398. The van der Waals surface area contributed by atoms with Crippen LogP contribution in [-0.4, -0.2) is 74.4 Å². The van der Waals surface area contributed by atoms with Gasteiger partial charge in [-0.2, -0.15) is 4.39 Å². The number of carbonyl (C=O) groups excluding carboxylic acids is 3. The highest BCUT2D eigenvalue weighted by atomic mass is 35.5. The number of fused-ring (bicyclic) bond motifs is 3. The molecule has 3 saturated heterocycles. The molecule has 9 nitrogen and oxygen atoms in total. The minimum absolute atomic E-state index is 0.00357. The van der Waals surface area contributed by atoms with E-state index in [1.54, 1.807) is 25.1 Å². The summed E-state index contributed by atoms with van der Waals surface area (Å²) >= 11 is 6.14. The molecule has 0 radical (unpaired) electrons. The SMILES string of the molecule is Cc1c(Cl)cccc1NCC(=O)N1[C@H]2CC[C@@H]([C@@H]1C(=O)N[C@H](/C=C(/F)S(C)(=O)=O)C[C@H]1CCNC1=O)C(F)(F)C2. The minimum Gasteiger partial charge on any atom is -0.376 e. The number of carbonyl (C=O) groups is 3. The van der Waals surface area contributed by atoms with Crippen molar-refractivity contribution in [2.75, 3.05) is 24.7 Å². The zero-order valence-corrected chi connectivity index (χ0v) is 23.6. The molecule has 1 aromatic carbocycles. The van der Waals surface area contributed by atoms with Gasteiger partial charge in [-0.25, -0.2) is 17.2 Å². The first-order valence-corrected chi connectivity index (χ1v) is 15.3. The zero-order valence-electron chi connectivity index (χ0n) is 22.1. The molecule has 3 N–H and O–H groups in total. The lowest BCUT2D eigenvalue weighted by Gasteiger charge is -2.53. The van der Waals surface area contributed by atoms with Crippen LogP contribution in [0.2, 0.25) is 5.02 Å². The standard InChI is InChI=1S/C26H32ClF3N4O5S/c1-14-19(27)4-3-5-20(14)32-13-22(35)34-17-6-7-18(26(29,30)12-17)23(34)25(37)33-16(11-21(28)40(2,38)39)10-15-8-9-31-24(15)36/h3-5,11,15-18,23,32H,6-10,12-13H2,1-2H3,(H,31,36)(H,33,37)/b21-11-/t15-,16+,17+,18+,23-/m1/s1. The molecule has 4 aliphatic rings. The van der Waals surface area contributed by atoms with Crippen molar-refractivity contribution in [1.82, 2.24) is 15.5 Å². The van der Waals surface area contributed by atoms with Gasteiger partial charge < -0.3 is 20.9 Å². The van der Waals surface area contributed by atoms with Gasteiger partial charge in [-0.05, 0) is 56.4 Å². The second kappa shape index (κ2) is 11.6. The Morgan fingerprint density at radius 2 is 2.00 bits per heavy atom. The molecular formula is C26H32ClF3N4O5S. The number of nitrogens with zero attached hydrogens (tertiary/aromatic N) is 1. The number of nitrogens with one attached hydrogen (secondary N) is 3. The van der Waals surface area contributed by atoms with Gasteiger partial charge in [0.1, 0.15) is 6.04 Å². The van der Waals surface area contributed by atoms with Crippen LogP contribution in [0, 0.1) is 18.8 Å². The summed E-state index contributed by atoms with van der Waals surface area (Å²) in [6.07, 6.45) is 1.27. The molecule has 0 aromatic heterocycles. The Morgan fingerprint density at radius 1 is 1.27 bits per heavy atom. The third-order valence-corrected chi connectivity index (χ3v) is 9.16. The number of sulfone groups is 1. The van der Waals surface area contributed by atoms with E-state index < -0.39 is 69.1 Å². The van der Waals surface area contributed by atoms with Crippen molar-refractivity contribution in [2.24, 2.45) is 11.8 Å². The lowest BCUT2D eigenvalue weighted by Crippen LogP contribution is -2.69. The first-order chi connectivity index (χ1) is 18.7. The Bertz CT molecular complexity index is 1330. The number of hydrogen-bond donors (Lipinski definition) is 3. The Kier molecular flexibility index (Phi) is 8.74. The average Bonchev–Trinajstić information content (AvgIpc) is 3.27. The Hall–Kier alpha value is -2.80. The number of rotatable bonds is 9. The van der Waals surface area contributed by atoms with Crippen LogP contribution in [0.3, 0.4) is 0 Å². The van der Waals surface area contributed by atoms with Gasteiger partial charge in [0, 0.05) is 41.9 Å². The normalized spacial score (nSPS) is 26.8. The molecule has 3 aliphatic heterocycles. The zero-order chi connectivity index (χ0) is 29.4. The molecule has 1 aliphatic carbocycles. The van der Waals surface area contributed by atoms with Gasteiger partial charge in [0.15, 0.2) is 0 Å². The molecule has 40 heavy (non-hydrogen) atoms. The molecule has 0 spiro atoms. The van der Waals surface area contributed by atoms with Crippen LogP contribution in [0.15, 0.2) is 29.4 Å². The van der Waals surface area contributed by atoms with E-state index in [-0.39, 0.29) is 25.3 Å². The first kappa shape index (κ1) is 30.2. The number of halogens is 4. The minimum atomic E-state index is -4.26. The van der Waals surface area contributed by atoms with Crippen LogP contribution in [0.25, 0.3) is 0 Å². The van der Waals surface area contributed by atoms with Crippen LogP contribution in [-0.2, 0) is 24.2 Å². The molecule has 3 amide bonds. The maximum absolute atomic E-state index is 15.0. The summed E-state index contributed by atoms with van der Waals surface area (Å²) in [5.74, 6) is -7.20. The fraction of sp³-hybridized carbons (Fsp3) is 0.577. The van der Waals surface area contributed by atoms with Gasteiger partial charge in [0.2, 0.25) is 32.7 Å². The third kappa shape index (κ3) is 6.40. The number of anilines is 1. The van der Waals surface area contributed by atoms with E-state index in [1.165, 1.54) is 4.90 Å². The molecule has 4 fully saturated rings. The molecule has 1 aromatic rings. The molecule has 5 atom stereocenters. The molecule has 0 unspecified atom stereocenters. The monoisotopic (exact) mass is 604 g/mol. The van der Waals surface area contributed by atoms with E-state index in [9.17, 15) is 27.2 Å². The van der Waals surface area contributed by atoms with Gasteiger partial charge in [-0.15, -0.1) is 0 Å². The lowest BCUT2D eigenvalue weighted by molar-refractivity contribution is -0.193. The molecule has 1 saturated carbocycles. The van der Waals surface area contributed by atoms with Gasteiger partial charge in [0.25, 0.3) is 5.92 Å². The number of piperidine rings is 2. The second-order valence-corrected chi connectivity index (χ2v) is 13.0. The summed E-state index contributed by atoms with van der Waals surface area (Å²) in [5, 5.41) is 7.01. The summed E-state index contributed by atoms with van der Waals surface area (Å²) in [5.41, 5.74) is 1.27. The van der Waals surface area contributed by atoms with Gasteiger partial charge in [-0.1, -0.05) is 17.7 Å². The molecule has 14 heteroatoms. The lowest BCUT2D eigenvalue weighted by atomic mass is 9.71. The fourth-order valence-corrected chi connectivity index (χ4v) is 6.41. The highest BCUT2D eigenvalue weighted by molar-refractivity contribution is 7.94. The summed E-state index contributed by atoms with van der Waals surface area (Å²) in [7, 11) is -4.26. The molecular weight excluding hydrogens is 573 g/mol. The number of amides is 3. The summed E-state index contributed by atoms with van der Waals surface area (Å²) in [6, 6.07) is 1.34. The van der Waals surface area contributed by atoms with Crippen molar-refractivity contribution < 1.29 is 36.0 Å². The van der Waals surface area contributed by atoms with Crippen molar-refractivity contribution in [3.63, 3.8) is 0 Å². The fourth-order valence-electron chi connectivity index (χ4n) is 5.82. The van der Waals surface area contributed by atoms with Crippen LogP contribution < -0.4 is 16.0 Å². The van der Waals surface area contributed by atoms with Crippen LogP contribution in [0.1, 0.15) is 37.7 Å². The summed E-state index contributed by atoms with van der Waals surface area (Å²) < 4.78 is 67.9. The Labute approximate surface area is 235 Å². The van der Waals surface area contributed by atoms with Crippen molar-refractivity contribution in [3.05, 3.63) is 40.0 Å². The van der Waals surface area contributed by atoms with Crippen molar-refractivity contribution >= 4 is 44.8 Å². The average molecular weight is 605 g/mol. The smallest absolute Gasteiger partial charge is 0.255 e. The second-order valence-electron chi connectivity index (χ2n) is 10.7. The molecule has 2 bridgehead atoms. The molecule has 3 heterocycles. The predicted octanol–water partition coefficient (Wildman–Crippen LogP) is 2.94. The summed E-state index contributed by atoms with van der Waals surface area (Å²) in [6.45, 7) is 1.83. The highest BCUT2D eigenvalue weighted by Crippen LogP contribution is 2.49. The predicted molar refractivity (Wildman–Crippen MR) is 143 cm³/mol. The van der Waals surface area contributed by atoms with E-state index in [0.717, 1.165) is 0 Å². The topological polar surface area (TPSA) is 125 Å². The number of hydrogen-bond acceptors (Lipinski definition) is 6. The molecule has 220 valence electrons. The largest absolute Gasteiger partial charge is 0.376 e. The van der Waals surface area contributed by atoms with Gasteiger partial charge in [-0.3, -0.25) is 14.4 Å². The van der Waals surface area contributed by atoms with E-state index in [1.807, 2.05) is 0 Å². The summed E-state index contributed by atoms with van der Waals surface area (Å²) in [4.78, 5) is 40.3. The van der Waals surface area contributed by atoms with Gasteiger partial charge >= 0.3 is 0 Å². The van der Waals surface area contributed by atoms with Crippen LogP contribution in [0.5, 0.6) is 0 Å². The van der Waals surface area contributed by atoms with E-state index >= 15 is 8.78 Å². The third-order valence-electron chi connectivity index (χ3n) is 7.91. The van der Waals surface area contributed by atoms with Crippen LogP contribution in [0.4, 0.5) is 18.9 Å². The highest BCUT2D eigenvalue weighted by Gasteiger charge is 2.60. The maximum Gasteiger partial charge on any atom is 0.255 e. The van der Waals surface area contributed by atoms with Crippen molar-refractivity contribution in [1.29, 1.82) is 0 Å². The first-order valence-electron chi connectivity index (χ1n) is 13.0. The molecule has 5 rings (SSSR count). The van der Waals surface area contributed by atoms with Crippen molar-refractivity contribution in [2.45, 2.75) is 63.1 Å². The van der Waals surface area contributed by atoms with Crippen molar-refractivity contribution in [3.8, 4) is 0 Å². The van der Waals surface area contributed by atoms with E-state index in [2.05, 4.69) is 16.0 Å². The van der Waals surface area contributed by atoms with E-state index in [4.69, 9.17) is 11.6 Å². The van der Waals surface area contributed by atoms with Gasteiger partial charge in [0.05, 0.1) is 18.5 Å². The van der Waals surface area contributed by atoms with Crippen LogP contribution >= 0.6 is 11.6 Å². The number of alkyl halides is 2. The van der Waals surface area contributed by atoms with E-state index in [0.29, 0.717) is 48.0 Å². The number of benzene rings is 1. The Morgan fingerprint density at radius 3 is 2.62 bits per heavy atom. The Balaban J connectivity index is 1.59.